The Morgan fingerprint density at radius 3 is 2.55 bits per heavy atom. The van der Waals surface area contributed by atoms with Crippen LogP contribution in [0.5, 0.6) is 0 Å². The van der Waals surface area contributed by atoms with E-state index >= 15 is 0 Å². The monoisotopic (exact) mass is 642 g/mol. The van der Waals surface area contributed by atoms with Crippen LogP contribution in [-0.2, 0) is 4.74 Å². The van der Waals surface area contributed by atoms with Crippen LogP contribution in [0.4, 0.5) is 5.69 Å². The number of para-hydroxylation sites is 1. The molecule has 206 valence electrons. The zero-order valence-corrected chi connectivity index (χ0v) is 24.9. The molecule has 12 heteroatoms. The molecule has 0 saturated carbocycles. The molecule has 2 heterocycles. The standard InChI is InChI=1S/C28H25BrCl2N6O3/c1-16-8-11-20(31)14-22(16)32-24(18-9-12-19(30)13-10-18)26-25(33-28(29)36(26)17(2)15-39-3)27(38)40-37-23-7-5-4-6-21(23)34-35-37/h4-14,17,24,32H,15H2,1-3H3/t17-,24?/m0/s1. The fraction of sp³-hybridized carbons (Fsp3) is 0.214. The summed E-state index contributed by atoms with van der Waals surface area (Å²) in [6.07, 6.45) is 0. The van der Waals surface area contributed by atoms with Crippen molar-refractivity contribution in [3.05, 3.63) is 104 Å². The number of hydrogen-bond donors (Lipinski definition) is 1. The normalized spacial score (nSPS) is 12.8. The van der Waals surface area contributed by atoms with Crippen LogP contribution in [0.25, 0.3) is 11.0 Å². The number of benzene rings is 3. The lowest BCUT2D eigenvalue weighted by Gasteiger charge is -2.26. The van der Waals surface area contributed by atoms with E-state index in [0.29, 0.717) is 38.1 Å². The molecule has 2 aromatic heterocycles. The molecule has 40 heavy (non-hydrogen) atoms. The summed E-state index contributed by atoms with van der Waals surface area (Å²) in [6, 6.07) is 19.4. The van der Waals surface area contributed by atoms with Gasteiger partial charge in [-0.15, -0.1) is 5.10 Å². The van der Waals surface area contributed by atoms with E-state index in [2.05, 4.69) is 36.5 Å². The average Bonchev–Trinajstić information content (AvgIpc) is 3.50. The van der Waals surface area contributed by atoms with Crippen LogP contribution in [0.15, 0.2) is 71.5 Å². The van der Waals surface area contributed by atoms with Gasteiger partial charge in [-0.2, -0.15) is 0 Å². The molecule has 0 radical (unpaired) electrons. The summed E-state index contributed by atoms with van der Waals surface area (Å²) in [5.74, 6) is -0.710. The first-order valence-electron chi connectivity index (χ1n) is 12.3. The molecular formula is C28H25BrCl2N6O3. The number of nitrogens with zero attached hydrogens (tertiary/aromatic N) is 5. The van der Waals surface area contributed by atoms with E-state index in [-0.39, 0.29) is 11.7 Å². The highest BCUT2D eigenvalue weighted by molar-refractivity contribution is 9.10. The summed E-state index contributed by atoms with van der Waals surface area (Å²) in [4.78, 5) is 25.2. The number of anilines is 1. The number of imidazole rings is 1. The van der Waals surface area contributed by atoms with Crippen LogP contribution in [0, 0.1) is 6.92 Å². The second-order valence-electron chi connectivity index (χ2n) is 9.21. The molecule has 5 rings (SSSR count). The van der Waals surface area contributed by atoms with Crippen LogP contribution in [-0.4, -0.2) is 44.4 Å². The largest absolute Gasteiger partial charge is 0.385 e. The summed E-state index contributed by atoms with van der Waals surface area (Å²) >= 11 is 16.2. The van der Waals surface area contributed by atoms with E-state index < -0.39 is 12.0 Å². The summed E-state index contributed by atoms with van der Waals surface area (Å²) in [7, 11) is 1.62. The van der Waals surface area contributed by atoms with Gasteiger partial charge in [-0.25, -0.2) is 9.78 Å². The molecule has 0 saturated heterocycles. The molecule has 9 nitrogen and oxygen atoms in total. The number of aryl methyl sites for hydroxylation is 1. The fourth-order valence-electron chi connectivity index (χ4n) is 4.48. The Balaban J connectivity index is 1.67. The second-order valence-corrected chi connectivity index (χ2v) is 10.8. The topological polar surface area (TPSA) is 96.1 Å². The highest BCUT2D eigenvalue weighted by Crippen LogP contribution is 2.36. The quantitative estimate of drug-likeness (QED) is 0.179. The molecule has 0 bridgehead atoms. The van der Waals surface area contributed by atoms with Crippen LogP contribution in [0.1, 0.15) is 46.3 Å². The molecule has 0 amide bonds. The van der Waals surface area contributed by atoms with Gasteiger partial charge in [-0.05, 0) is 82.5 Å². The van der Waals surface area contributed by atoms with Crippen molar-refractivity contribution in [1.29, 1.82) is 0 Å². The molecule has 0 aliphatic rings. The minimum atomic E-state index is -0.710. The Morgan fingerprint density at radius 1 is 1.07 bits per heavy atom. The lowest BCUT2D eigenvalue weighted by Crippen LogP contribution is -2.27. The Labute approximate surface area is 249 Å². The molecule has 0 aliphatic carbocycles. The summed E-state index contributed by atoms with van der Waals surface area (Å²) < 4.78 is 7.81. The first-order valence-corrected chi connectivity index (χ1v) is 13.9. The molecular weight excluding hydrogens is 619 g/mol. The highest BCUT2D eigenvalue weighted by atomic mass is 79.9. The van der Waals surface area contributed by atoms with Gasteiger partial charge in [0.1, 0.15) is 11.0 Å². The zero-order chi connectivity index (χ0) is 28.4. The van der Waals surface area contributed by atoms with Crippen molar-refractivity contribution >= 4 is 61.8 Å². The van der Waals surface area contributed by atoms with Gasteiger partial charge in [0, 0.05) is 22.8 Å². The minimum absolute atomic E-state index is 0.0848. The van der Waals surface area contributed by atoms with Crippen molar-refractivity contribution in [2.45, 2.75) is 25.9 Å². The van der Waals surface area contributed by atoms with Gasteiger partial charge in [0.15, 0.2) is 10.4 Å². The predicted molar refractivity (Wildman–Crippen MR) is 158 cm³/mol. The van der Waals surface area contributed by atoms with E-state index in [9.17, 15) is 4.79 Å². The van der Waals surface area contributed by atoms with Crippen molar-refractivity contribution in [1.82, 2.24) is 24.7 Å². The Kier molecular flexibility index (Phi) is 8.41. The maximum Gasteiger partial charge on any atom is 0.385 e. The average molecular weight is 644 g/mol. The molecule has 2 atom stereocenters. The van der Waals surface area contributed by atoms with E-state index in [0.717, 1.165) is 21.7 Å². The van der Waals surface area contributed by atoms with Gasteiger partial charge in [0.25, 0.3) is 0 Å². The van der Waals surface area contributed by atoms with Gasteiger partial charge < -0.3 is 19.5 Å². The molecule has 1 unspecified atom stereocenters. The number of aromatic nitrogens is 5. The second kappa shape index (κ2) is 12.0. The molecule has 5 aromatic rings. The number of hydrogen-bond acceptors (Lipinski definition) is 7. The summed E-state index contributed by atoms with van der Waals surface area (Å²) in [6.45, 7) is 4.32. The number of carbonyl (C=O) groups excluding carboxylic acids is 1. The van der Waals surface area contributed by atoms with Gasteiger partial charge in [0.05, 0.1) is 24.4 Å². The third-order valence-electron chi connectivity index (χ3n) is 6.41. The van der Waals surface area contributed by atoms with E-state index in [1.807, 2.05) is 60.9 Å². The number of ether oxygens (including phenoxy) is 1. The number of nitrogens with one attached hydrogen (secondary N) is 1. The van der Waals surface area contributed by atoms with Crippen LogP contribution >= 0.6 is 39.1 Å². The van der Waals surface area contributed by atoms with E-state index in [1.54, 1.807) is 31.4 Å². The molecule has 0 fully saturated rings. The maximum atomic E-state index is 13.8. The fourth-order valence-corrected chi connectivity index (χ4v) is 5.50. The van der Waals surface area contributed by atoms with Gasteiger partial charge in [0.2, 0.25) is 0 Å². The number of fused-ring (bicyclic) bond motifs is 1. The van der Waals surface area contributed by atoms with E-state index in [4.69, 9.17) is 32.8 Å². The summed E-state index contributed by atoms with van der Waals surface area (Å²) in [5, 5.41) is 12.8. The van der Waals surface area contributed by atoms with Crippen molar-refractivity contribution in [2.24, 2.45) is 0 Å². The lowest BCUT2D eigenvalue weighted by atomic mass is 10.00. The molecule has 0 spiro atoms. The zero-order valence-electron chi connectivity index (χ0n) is 21.8. The Bertz CT molecular complexity index is 1670. The third-order valence-corrected chi connectivity index (χ3v) is 7.46. The summed E-state index contributed by atoms with van der Waals surface area (Å²) in [5.41, 5.74) is 4.36. The van der Waals surface area contributed by atoms with Crippen molar-refractivity contribution in [2.75, 3.05) is 19.0 Å². The van der Waals surface area contributed by atoms with Gasteiger partial charge >= 0.3 is 5.97 Å². The smallest absolute Gasteiger partial charge is 0.383 e. The first kappa shape index (κ1) is 28.1. The first-order chi connectivity index (χ1) is 19.3. The Morgan fingerprint density at radius 2 is 1.80 bits per heavy atom. The highest BCUT2D eigenvalue weighted by Gasteiger charge is 2.33. The van der Waals surface area contributed by atoms with Crippen molar-refractivity contribution in [3.8, 4) is 0 Å². The number of halogens is 3. The predicted octanol–water partition coefficient (Wildman–Crippen LogP) is 6.68. The SMILES string of the molecule is COC[C@H](C)n1c(Br)nc(C(=O)On2nnc3ccccc32)c1C(Nc1cc(Cl)ccc1C)c1ccc(Cl)cc1. The van der Waals surface area contributed by atoms with Crippen molar-refractivity contribution in [3.63, 3.8) is 0 Å². The van der Waals surface area contributed by atoms with E-state index in [1.165, 1.54) is 0 Å². The molecule has 0 aliphatic heterocycles. The third kappa shape index (κ3) is 5.71. The maximum absolute atomic E-state index is 13.8. The number of rotatable bonds is 9. The van der Waals surface area contributed by atoms with Crippen LogP contribution < -0.4 is 10.2 Å². The van der Waals surface area contributed by atoms with Crippen LogP contribution in [0.3, 0.4) is 0 Å². The van der Waals surface area contributed by atoms with Gasteiger partial charge in [-0.3, -0.25) is 0 Å². The van der Waals surface area contributed by atoms with Gasteiger partial charge in [-0.1, -0.05) is 58.4 Å². The van der Waals surface area contributed by atoms with Crippen molar-refractivity contribution < 1.29 is 14.4 Å². The van der Waals surface area contributed by atoms with Crippen LogP contribution in [0.2, 0.25) is 10.0 Å². The number of carbonyl (C=O) groups is 1. The minimum Gasteiger partial charge on any atom is -0.383 e. The molecule has 3 aromatic carbocycles. The molecule has 1 N–H and O–H groups in total. The number of methoxy groups -OCH3 is 1. The Hall–Kier alpha value is -3.44. The lowest BCUT2D eigenvalue weighted by molar-refractivity contribution is 0.0400.